The van der Waals surface area contributed by atoms with Crippen molar-refractivity contribution in [3.63, 3.8) is 0 Å². The molecule has 0 aliphatic carbocycles. The lowest BCUT2D eigenvalue weighted by Gasteiger charge is -1.79. The number of unbranched alkanes of at least 4 members (excludes halogenated alkanes) is 2. The molecule has 0 fully saturated rings. The van der Waals surface area contributed by atoms with E-state index in [2.05, 4.69) is 13.8 Å². The Morgan fingerprint density at radius 1 is 0.929 bits per heavy atom. The average Bonchev–Trinajstić information content (AvgIpc) is 2.07. The van der Waals surface area contributed by atoms with Crippen LogP contribution in [0.5, 0.6) is 0 Å². The highest BCUT2D eigenvalue weighted by Gasteiger charge is 1.70. The summed E-state index contributed by atoms with van der Waals surface area (Å²) in [6.07, 6.45) is 2.24. The van der Waals surface area contributed by atoms with Crippen molar-refractivity contribution >= 4 is 6.16 Å². The lowest BCUT2D eigenvalue weighted by molar-refractivity contribution is 0.137. The van der Waals surface area contributed by atoms with Crippen LogP contribution in [0.15, 0.2) is 0 Å². The molecule has 0 bridgehead atoms. The fraction of sp³-hybridized carbons (Fsp3) is 0.889. The average molecular weight is 210 g/mol. The van der Waals surface area contributed by atoms with E-state index in [-0.39, 0.29) is 0 Å². The summed E-state index contributed by atoms with van der Waals surface area (Å²) in [7, 11) is 0. The Morgan fingerprint density at radius 3 is 1.14 bits per heavy atom. The minimum absolute atomic E-state index is 0.344. The molecule has 88 valence electrons. The molecule has 14 heavy (non-hydrogen) atoms. The van der Waals surface area contributed by atoms with Crippen molar-refractivity contribution < 1.29 is 25.2 Å². The van der Waals surface area contributed by atoms with Crippen molar-refractivity contribution in [3.8, 4) is 0 Å². The molecule has 0 spiro atoms. The summed E-state index contributed by atoms with van der Waals surface area (Å²) in [4.78, 5) is 8.56. The van der Waals surface area contributed by atoms with Gasteiger partial charge in [-0.15, -0.1) is 0 Å². The van der Waals surface area contributed by atoms with Gasteiger partial charge in [0.15, 0.2) is 0 Å². The predicted molar refractivity (Wildman–Crippen MR) is 54.6 cm³/mol. The molecular formula is C9H22O5. The second-order valence-corrected chi connectivity index (χ2v) is 2.44. The van der Waals surface area contributed by atoms with Gasteiger partial charge in [-0.2, -0.15) is 0 Å². The first-order valence-electron chi connectivity index (χ1n) is 4.70. The quantitative estimate of drug-likeness (QED) is 0.567. The standard InChI is InChI=1S/2C4H10O.CH2O3/c2*1-2-3-4-5;2-1(3)4/h2*5H,2-4H2,1H3;(H2,2,3,4). The molecular weight excluding hydrogens is 188 g/mol. The third-order valence-corrected chi connectivity index (χ3v) is 1.02. The van der Waals surface area contributed by atoms with Crippen LogP contribution in [0.4, 0.5) is 4.79 Å². The van der Waals surface area contributed by atoms with Crippen LogP contribution in [-0.2, 0) is 0 Å². The zero-order valence-corrected chi connectivity index (χ0v) is 8.94. The molecule has 0 saturated carbocycles. The van der Waals surface area contributed by atoms with Crippen LogP contribution in [-0.4, -0.2) is 39.8 Å². The van der Waals surface area contributed by atoms with Crippen molar-refractivity contribution in [3.05, 3.63) is 0 Å². The van der Waals surface area contributed by atoms with Gasteiger partial charge in [-0.1, -0.05) is 26.7 Å². The fourth-order valence-corrected chi connectivity index (χ4v) is 0.316. The maximum Gasteiger partial charge on any atom is 0.503 e. The highest BCUT2D eigenvalue weighted by Crippen LogP contribution is 1.79. The predicted octanol–water partition coefficient (Wildman–Crippen LogP) is 1.78. The number of carboxylic acid groups (broad SMARTS) is 2. The summed E-state index contributed by atoms with van der Waals surface area (Å²) in [5.74, 6) is 0. The summed E-state index contributed by atoms with van der Waals surface area (Å²) in [6, 6.07) is 0. The van der Waals surface area contributed by atoms with E-state index in [0.29, 0.717) is 13.2 Å². The molecule has 0 rings (SSSR count). The Morgan fingerprint density at radius 2 is 1.14 bits per heavy atom. The fourth-order valence-electron chi connectivity index (χ4n) is 0.316. The minimum atomic E-state index is -1.83. The summed E-state index contributed by atoms with van der Waals surface area (Å²) >= 11 is 0. The van der Waals surface area contributed by atoms with E-state index >= 15 is 0 Å². The smallest absolute Gasteiger partial charge is 0.450 e. The van der Waals surface area contributed by atoms with Crippen LogP contribution in [0, 0.1) is 0 Å². The van der Waals surface area contributed by atoms with Crippen LogP contribution >= 0.6 is 0 Å². The Kier molecular flexibility index (Phi) is 30.7. The molecule has 0 aliphatic rings. The molecule has 0 aromatic rings. The van der Waals surface area contributed by atoms with Gasteiger partial charge in [0.25, 0.3) is 0 Å². The van der Waals surface area contributed by atoms with Gasteiger partial charge < -0.3 is 20.4 Å². The zero-order valence-electron chi connectivity index (χ0n) is 8.94. The van der Waals surface area contributed by atoms with E-state index < -0.39 is 6.16 Å². The van der Waals surface area contributed by atoms with Crippen molar-refractivity contribution in [2.24, 2.45) is 0 Å². The van der Waals surface area contributed by atoms with Gasteiger partial charge in [0.05, 0.1) is 0 Å². The van der Waals surface area contributed by atoms with Gasteiger partial charge in [0.1, 0.15) is 0 Å². The van der Waals surface area contributed by atoms with Crippen LogP contribution in [0.1, 0.15) is 39.5 Å². The van der Waals surface area contributed by atoms with Gasteiger partial charge in [-0.25, -0.2) is 4.79 Å². The third kappa shape index (κ3) is 114. The molecule has 0 unspecified atom stereocenters. The number of hydrogen-bond donors (Lipinski definition) is 4. The van der Waals surface area contributed by atoms with E-state index in [4.69, 9.17) is 25.2 Å². The third-order valence-electron chi connectivity index (χ3n) is 1.02. The molecule has 0 aromatic carbocycles. The maximum atomic E-state index is 8.56. The number of rotatable bonds is 4. The molecule has 0 aromatic heterocycles. The Labute approximate surface area is 85.0 Å². The van der Waals surface area contributed by atoms with E-state index in [1.165, 1.54) is 0 Å². The van der Waals surface area contributed by atoms with Crippen LogP contribution in [0.3, 0.4) is 0 Å². The monoisotopic (exact) mass is 210 g/mol. The highest BCUT2D eigenvalue weighted by molar-refractivity contribution is 5.53. The lowest BCUT2D eigenvalue weighted by atomic mass is 10.4. The summed E-state index contributed by atoms with van der Waals surface area (Å²) in [6.45, 7) is 4.79. The van der Waals surface area contributed by atoms with Crippen molar-refractivity contribution in [1.29, 1.82) is 0 Å². The van der Waals surface area contributed by atoms with Gasteiger partial charge in [-0.05, 0) is 12.8 Å². The van der Waals surface area contributed by atoms with E-state index in [9.17, 15) is 0 Å². The van der Waals surface area contributed by atoms with E-state index in [1.54, 1.807) is 0 Å². The number of carbonyl (C=O) groups is 1. The van der Waals surface area contributed by atoms with E-state index in [0.717, 1.165) is 25.7 Å². The lowest BCUT2D eigenvalue weighted by Crippen LogP contribution is -1.81. The minimum Gasteiger partial charge on any atom is -0.450 e. The largest absolute Gasteiger partial charge is 0.503 e. The molecule has 5 heteroatoms. The van der Waals surface area contributed by atoms with Gasteiger partial charge in [0.2, 0.25) is 0 Å². The van der Waals surface area contributed by atoms with Crippen molar-refractivity contribution in [2.75, 3.05) is 13.2 Å². The topological polar surface area (TPSA) is 98.0 Å². The molecule has 4 N–H and O–H groups in total. The first-order valence-corrected chi connectivity index (χ1v) is 4.70. The molecule has 5 nitrogen and oxygen atoms in total. The zero-order chi connectivity index (χ0) is 11.8. The second-order valence-electron chi connectivity index (χ2n) is 2.44. The van der Waals surface area contributed by atoms with Crippen LogP contribution in [0.2, 0.25) is 0 Å². The molecule has 0 saturated heterocycles. The molecule has 0 amide bonds. The number of aliphatic hydroxyl groups excluding tert-OH is 2. The Balaban J connectivity index is -0.000000131. The molecule has 0 aliphatic heterocycles. The molecule has 0 radical (unpaired) electrons. The summed E-state index contributed by atoms with van der Waals surface area (Å²) < 4.78 is 0. The molecule has 0 atom stereocenters. The van der Waals surface area contributed by atoms with Gasteiger partial charge in [0, 0.05) is 13.2 Å². The van der Waals surface area contributed by atoms with Crippen LogP contribution in [0.25, 0.3) is 0 Å². The second kappa shape index (κ2) is 22.8. The first kappa shape index (κ1) is 18.9. The Bertz CT molecular complexity index is 81.2. The molecule has 0 heterocycles. The van der Waals surface area contributed by atoms with Crippen molar-refractivity contribution in [2.45, 2.75) is 39.5 Å². The SMILES string of the molecule is CCCCO.CCCCO.O=C(O)O. The first-order chi connectivity index (χ1) is 6.56. The van der Waals surface area contributed by atoms with E-state index in [1.807, 2.05) is 0 Å². The van der Waals surface area contributed by atoms with Gasteiger partial charge >= 0.3 is 6.16 Å². The summed E-state index contributed by atoms with van der Waals surface area (Å²) in [5.41, 5.74) is 0. The van der Waals surface area contributed by atoms with Crippen LogP contribution < -0.4 is 0 Å². The number of aliphatic hydroxyl groups is 2. The van der Waals surface area contributed by atoms with Gasteiger partial charge in [-0.3, -0.25) is 0 Å². The van der Waals surface area contributed by atoms with Crippen molar-refractivity contribution in [1.82, 2.24) is 0 Å². The highest BCUT2D eigenvalue weighted by atomic mass is 16.6. The number of hydrogen-bond acceptors (Lipinski definition) is 3. The summed E-state index contributed by atoms with van der Waals surface area (Å²) in [5, 5.41) is 30.1. The Hall–Kier alpha value is -0.810. The maximum absolute atomic E-state index is 8.56. The normalized spacial score (nSPS) is 7.71.